The molecule has 112 valence electrons. The zero-order valence-corrected chi connectivity index (χ0v) is 12.8. The lowest BCUT2D eigenvalue weighted by molar-refractivity contribution is 0.428. The van der Waals surface area contributed by atoms with Gasteiger partial charge in [0.25, 0.3) is 0 Å². The van der Waals surface area contributed by atoms with E-state index in [1.165, 1.54) is 4.31 Å². The molecule has 8 heteroatoms. The normalized spacial score (nSPS) is 20.0. The minimum absolute atomic E-state index is 0.0301. The third kappa shape index (κ3) is 3.25. The highest BCUT2D eigenvalue weighted by Gasteiger charge is 2.32. The van der Waals surface area contributed by atoms with Crippen molar-refractivity contribution in [2.45, 2.75) is 18.2 Å². The van der Waals surface area contributed by atoms with Gasteiger partial charge in [-0.25, -0.2) is 13.1 Å². The van der Waals surface area contributed by atoms with Crippen molar-refractivity contribution >= 4 is 21.6 Å². The molecule has 2 aromatic rings. The lowest BCUT2D eigenvalue weighted by atomic mass is 10.2. The molecule has 1 aromatic carbocycles. The number of hydrogen-bond donors (Lipinski definition) is 0. The average Bonchev–Trinajstić information content (AvgIpc) is 3.10. The zero-order chi connectivity index (χ0) is 14.9. The van der Waals surface area contributed by atoms with Crippen molar-refractivity contribution in [2.24, 2.45) is 0 Å². The molecule has 1 atom stereocenters. The van der Waals surface area contributed by atoms with Crippen molar-refractivity contribution in [3.05, 3.63) is 47.2 Å². The number of sulfonamides is 1. The maximum atomic E-state index is 12.5. The molecule has 1 fully saturated rings. The highest BCUT2D eigenvalue weighted by molar-refractivity contribution is 7.88. The summed E-state index contributed by atoms with van der Waals surface area (Å²) in [6.45, 7) is 0.944. The second-order valence-corrected chi connectivity index (χ2v) is 7.48. The molecule has 0 N–H and O–H groups in total. The Bertz CT molecular complexity index is 718. The van der Waals surface area contributed by atoms with Crippen molar-refractivity contribution < 1.29 is 8.42 Å². The number of benzene rings is 1. The predicted molar refractivity (Wildman–Crippen MR) is 79.3 cm³/mol. The van der Waals surface area contributed by atoms with Crippen LogP contribution in [-0.4, -0.2) is 40.8 Å². The lowest BCUT2D eigenvalue weighted by Crippen LogP contribution is -2.30. The monoisotopic (exact) mass is 326 g/mol. The summed E-state index contributed by atoms with van der Waals surface area (Å²) in [4.78, 5) is 0. The van der Waals surface area contributed by atoms with E-state index in [1.54, 1.807) is 41.3 Å². The van der Waals surface area contributed by atoms with Gasteiger partial charge in [-0.1, -0.05) is 28.9 Å². The van der Waals surface area contributed by atoms with Gasteiger partial charge in [-0.05, 0) is 24.1 Å². The highest BCUT2D eigenvalue weighted by atomic mass is 35.5. The summed E-state index contributed by atoms with van der Waals surface area (Å²) in [5.74, 6) is -0.0301. The first kappa shape index (κ1) is 14.5. The summed E-state index contributed by atoms with van der Waals surface area (Å²) in [6, 6.07) is 7.00. The van der Waals surface area contributed by atoms with Crippen LogP contribution in [0.15, 0.2) is 36.7 Å². The molecule has 2 heterocycles. The third-order valence-corrected chi connectivity index (χ3v) is 5.62. The predicted octanol–water partition coefficient (Wildman–Crippen LogP) is 1.71. The van der Waals surface area contributed by atoms with E-state index < -0.39 is 10.0 Å². The second-order valence-electron chi connectivity index (χ2n) is 5.07. The molecule has 1 aliphatic heterocycles. The van der Waals surface area contributed by atoms with Crippen LogP contribution in [-0.2, 0) is 15.8 Å². The van der Waals surface area contributed by atoms with Gasteiger partial charge < -0.3 is 0 Å². The fourth-order valence-corrected chi connectivity index (χ4v) is 4.30. The van der Waals surface area contributed by atoms with Crippen LogP contribution in [0.4, 0.5) is 0 Å². The van der Waals surface area contributed by atoms with Crippen LogP contribution in [0.25, 0.3) is 0 Å². The first-order chi connectivity index (χ1) is 10.0. The molecule has 0 bridgehead atoms. The smallest absolute Gasteiger partial charge is 0.218 e. The Hall–Kier alpha value is -1.44. The molecular weight excluding hydrogens is 312 g/mol. The Balaban J connectivity index is 1.71. The molecule has 0 aliphatic carbocycles. The van der Waals surface area contributed by atoms with Crippen LogP contribution < -0.4 is 0 Å². The van der Waals surface area contributed by atoms with E-state index in [1.807, 2.05) is 0 Å². The molecule has 3 rings (SSSR count). The Morgan fingerprint density at radius 1 is 1.38 bits per heavy atom. The average molecular weight is 327 g/mol. The fourth-order valence-electron chi connectivity index (χ4n) is 2.52. The first-order valence-corrected chi connectivity index (χ1v) is 8.61. The molecule has 1 saturated heterocycles. The summed E-state index contributed by atoms with van der Waals surface area (Å²) in [5.41, 5.74) is 0.701. The van der Waals surface area contributed by atoms with Crippen molar-refractivity contribution in [3.8, 4) is 0 Å². The van der Waals surface area contributed by atoms with Gasteiger partial charge in [-0.2, -0.15) is 4.31 Å². The molecule has 0 radical (unpaired) electrons. The number of halogens is 1. The zero-order valence-electron chi connectivity index (χ0n) is 11.3. The van der Waals surface area contributed by atoms with Gasteiger partial charge in [0, 0.05) is 24.3 Å². The molecule has 0 saturated carbocycles. The van der Waals surface area contributed by atoms with E-state index in [4.69, 9.17) is 11.6 Å². The highest BCUT2D eigenvalue weighted by Crippen LogP contribution is 2.25. The van der Waals surface area contributed by atoms with Crippen LogP contribution >= 0.6 is 11.6 Å². The Morgan fingerprint density at radius 3 is 2.95 bits per heavy atom. The second kappa shape index (κ2) is 5.75. The Kier molecular flexibility index (Phi) is 3.97. The van der Waals surface area contributed by atoms with Crippen molar-refractivity contribution in [2.75, 3.05) is 13.1 Å². The largest absolute Gasteiger partial charge is 0.248 e. The molecule has 0 amide bonds. The summed E-state index contributed by atoms with van der Waals surface area (Å²) >= 11 is 5.90. The summed E-state index contributed by atoms with van der Waals surface area (Å²) < 4.78 is 28.2. The molecule has 0 spiro atoms. The van der Waals surface area contributed by atoms with Gasteiger partial charge in [0.1, 0.15) is 0 Å². The summed E-state index contributed by atoms with van der Waals surface area (Å²) in [6.07, 6.45) is 4.11. The van der Waals surface area contributed by atoms with Crippen LogP contribution in [0.3, 0.4) is 0 Å². The van der Waals surface area contributed by atoms with Crippen molar-refractivity contribution in [1.82, 2.24) is 19.3 Å². The topological polar surface area (TPSA) is 68.1 Å². The van der Waals surface area contributed by atoms with Gasteiger partial charge in [0.2, 0.25) is 10.0 Å². The number of nitrogens with zero attached hydrogens (tertiary/aromatic N) is 4. The molecule has 1 aliphatic rings. The fraction of sp³-hybridized carbons (Fsp3) is 0.385. The molecule has 21 heavy (non-hydrogen) atoms. The van der Waals surface area contributed by atoms with Gasteiger partial charge >= 0.3 is 0 Å². The van der Waals surface area contributed by atoms with Gasteiger partial charge in [0.15, 0.2) is 0 Å². The van der Waals surface area contributed by atoms with E-state index in [0.717, 1.165) is 6.42 Å². The number of aromatic nitrogens is 3. The third-order valence-electron chi connectivity index (χ3n) is 3.57. The molecule has 6 nitrogen and oxygen atoms in total. The van der Waals surface area contributed by atoms with Crippen molar-refractivity contribution in [1.29, 1.82) is 0 Å². The number of hydrogen-bond acceptors (Lipinski definition) is 4. The van der Waals surface area contributed by atoms with Gasteiger partial charge in [-0.3, -0.25) is 0 Å². The van der Waals surface area contributed by atoms with Crippen LogP contribution in [0, 0.1) is 0 Å². The lowest BCUT2D eigenvalue weighted by Gasteiger charge is -2.16. The van der Waals surface area contributed by atoms with Crippen LogP contribution in [0.2, 0.25) is 5.02 Å². The Morgan fingerprint density at radius 2 is 2.24 bits per heavy atom. The minimum Gasteiger partial charge on any atom is -0.248 e. The standard InChI is InChI=1S/C13H15ClN4O2S/c14-12-3-1-2-11(8-12)10-21(19,20)17-6-4-13(9-17)18-7-5-15-16-18/h1-3,5,7-8,13H,4,6,9-10H2. The summed E-state index contributed by atoms with van der Waals surface area (Å²) in [5, 5.41) is 8.25. The van der Waals surface area contributed by atoms with Crippen molar-refractivity contribution in [3.63, 3.8) is 0 Å². The molecular formula is C13H15ClN4O2S. The first-order valence-electron chi connectivity index (χ1n) is 6.63. The summed E-state index contributed by atoms with van der Waals surface area (Å²) in [7, 11) is -3.34. The van der Waals surface area contributed by atoms with E-state index in [-0.39, 0.29) is 11.8 Å². The van der Waals surface area contributed by atoms with E-state index in [2.05, 4.69) is 10.3 Å². The van der Waals surface area contributed by atoms with Gasteiger partial charge in [-0.15, -0.1) is 5.10 Å². The van der Waals surface area contributed by atoms with E-state index in [0.29, 0.717) is 23.7 Å². The molecule has 1 aromatic heterocycles. The van der Waals surface area contributed by atoms with Crippen LogP contribution in [0.5, 0.6) is 0 Å². The van der Waals surface area contributed by atoms with Crippen LogP contribution in [0.1, 0.15) is 18.0 Å². The van der Waals surface area contributed by atoms with E-state index >= 15 is 0 Å². The Labute approximate surface area is 128 Å². The minimum atomic E-state index is -3.34. The maximum absolute atomic E-state index is 12.5. The molecule has 1 unspecified atom stereocenters. The maximum Gasteiger partial charge on any atom is 0.218 e. The van der Waals surface area contributed by atoms with E-state index in [9.17, 15) is 8.42 Å². The quantitative estimate of drug-likeness (QED) is 0.857. The van der Waals surface area contributed by atoms with Gasteiger partial charge in [0.05, 0.1) is 18.0 Å². The number of rotatable bonds is 4. The SMILES string of the molecule is O=S(=O)(Cc1cccc(Cl)c1)N1CCC(n2ccnn2)C1.